The molecule has 8 heteroatoms. The van der Waals surface area contributed by atoms with Gasteiger partial charge in [0, 0.05) is 42.6 Å². The molecule has 2 atom stereocenters. The molecule has 2 aliphatic rings. The molecule has 0 radical (unpaired) electrons. The van der Waals surface area contributed by atoms with E-state index in [4.69, 9.17) is 0 Å². The molecule has 6 nitrogen and oxygen atoms in total. The summed E-state index contributed by atoms with van der Waals surface area (Å²) in [6.45, 7) is 2.28. The first kappa shape index (κ1) is 19.1. The lowest BCUT2D eigenvalue weighted by atomic mass is 10.0. The van der Waals surface area contributed by atoms with Crippen LogP contribution in [0.1, 0.15) is 31.7 Å². The van der Waals surface area contributed by atoms with Gasteiger partial charge in [-0.05, 0) is 31.4 Å². The number of rotatable bonds is 4. The zero-order valence-corrected chi connectivity index (χ0v) is 16.2. The SMILES string of the molecule is CC(=O)N1C[C@@H](O)C[C@@H](N(C(=O)NCc2ccc(Br)cc2F)C2CC2)C1. The summed E-state index contributed by atoms with van der Waals surface area (Å²) in [5.41, 5.74) is 0.409. The molecule has 0 unspecified atom stereocenters. The number of amides is 3. The summed E-state index contributed by atoms with van der Waals surface area (Å²) in [5.74, 6) is -0.490. The maximum absolute atomic E-state index is 13.9. The molecule has 0 bridgehead atoms. The van der Waals surface area contributed by atoms with E-state index in [2.05, 4.69) is 21.2 Å². The molecule has 26 heavy (non-hydrogen) atoms. The van der Waals surface area contributed by atoms with Gasteiger partial charge in [0.15, 0.2) is 0 Å². The van der Waals surface area contributed by atoms with Crippen molar-refractivity contribution < 1.29 is 19.1 Å². The summed E-state index contributed by atoms with van der Waals surface area (Å²) < 4.78 is 14.6. The highest BCUT2D eigenvalue weighted by atomic mass is 79.9. The highest BCUT2D eigenvalue weighted by molar-refractivity contribution is 9.10. The van der Waals surface area contributed by atoms with Crippen LogP contribution in [0.15, 0.2) is 22.7 Å². The van der Waals surface area contributed by atoms with Gasteiger partial charge in [0.2, 0.25) is 5.91 Å². The summed E-state index contributed by atoms with van der Waals surface area (Å²) in [4.78, 5) is 27.8. The van der Waals surface area contributed by atoms with E-state index < -0.39 is 6.10 Å². The van der Waals surface area contributed by atoms with Crippen molar-refractivity contribution in [1.82, 2.24) is 15.1 Å². The molecule has 3 rings (SSSR count). The number of halogens is 2. The Morgan fingerprint density at radius 1 is 1.35 bits per heavy atom. The second-order valence-corrected chi connectivity index (χ2v) is 7.92. The number of carbonyl (C=O) groups is 2. The highest BCUT2D eigenvalue weighted by Crippen LogP contribution is 2.31. The second-order valence-electron chi connectivity index (χ2n) is 7.00. The van der Waals surface area contributed by atoms with Crippen LogP contribution >= 0.6 is 15.9 Å². The van der Waals surface area contributed by atoms with Gasteiger partial charge in [0.1, 0.15) is 5.82 Å². The summed E-state index contributed by atoms with van der Waals surface area (Å²) >= 11 is 3.21. The molecular weight excluding hydrogens is 405 g/mol. The van der Waals surface area contributed by atoms with Crippen molar-refractivity contribution >= 4 is 27.9 Å². The molecular formula is C18H23BrFN3O3. The fourth-order valence-corrected chi connectivity index (χ4v) is 3.75. The minimum Gasteiger partial charge on any atom is -0.391 e. The van der Waals surface area contributed by atoms with E-state index in [0.29, 0.717) is 29.5 Å². The standard InChI is InChI=1S/C18H23BrFN3O3/c1-11(24)22-9-15(7-16(25)10-22)23(14-4-5-14)18(26)21-8-12-2-3-13(19)6-17(12)20/h2-3,6,14-16,25H,4-5,7-10H2,1H3,(H,21,26)/t15-,16+/m1/s1. The van der Waals surface area contributed by atoms with Gasteiger partial charge < -0.3 is 20.2 Å². The Balaban J connectivity index is 1.67. The molecule has 1 aromatic carbocycles. The van der Waals surface area contributed by atoms with Gasteiger partial charge in [-0.2, -0.15) is 0 Å². The van der Waals surface area contributed by atoms with Gasteiger partial charge in [-0.15, -0.1) is 0 Å². The average Bonchev–Trinajstić information content (AvgIpc) is 3.38. The first-order valence-electron chi connectivity index (χ1n) is 8.79. The number of carbonyl (C=O) groups excluding carboxylic acids is 2. The van der Waals surface area contributed by atoms with Gasteiger partial charge in [-0.25, -0.2) is 9.18 Å². The number of nitrogens with one attached hydrogen (secondary N) is 1. The van der Waals surface area contributed by atoms with Gasteiger partial charge >= 0.3 is 6.03 Å². The predicted molar refractivity (Wildman–Crippen MR) is 97.9 cm³/mol. The van der Waals surface area contributed by atoms with E-state index in [1.807, 2.05) is 0 Å². The number of nitrogens with zero attached hydrogens (tertiary/aromatic N) is 2. The molecule has 2 N–H and O–H groups in total. The van der Waals surface area contributed by atoms with Gasteiger partial charge in [0.05, 0.1) is 12.1 Å². The molecule has 3 amide bonds. The lowest BCUT2D eigenvalue weighted by molar-refractivity contribution is -0.133. The molecule has 0 aromatic heterocycles. The van der Waals surface area contributed by atoms with Crippen LogP contribution in [0.5, 0.6) is 0 Å². The molecule has 1 aliphatic carbocycles. The van der Waals surface area contributed by atoms with E-state index in [1.165, 1.54) is 13.0 Å². The monoisotopic (exact) mass is 427 g/mol. The number of likely N-dealkylation sites (tertiary alicyclic amines) is 1. The Labute approximate surface area is 160 Å². The third-order valence-electron chi connectivity index (χ3n) is 4.87. The van der Waals surface area contributed by atoms with Crippen molar-refractivity contribution in [2.75, 3.05) is 13.1 Å². The Kier molecular flexibility index (Phi) is 5.82. The van der Waals surface area contributed by atoms with Crippen LogP contribution in [0.4, 0.5) is 9.18 Å². The van der Waals surface area contributed by atoms with E-state index in [1.54, 1.807) is 21.9 Å². The van der Waals surface area contributed by atoms with Crippen molar-refractivity contribution in [2.24, 2.45) is 0 Å². The summed E-state index contributed by atoms with van der Waals surface area (Å²) in [7, 11) is 0. The van der Waals surface area contributed by atoms with Crippen molar-refractivity contribution in [3.8, 4) is 0 Å². The maximum Gasteiger partial charge on any atom is 0.318 e. The highest BCUT2D eigenvalue weighted by Gasteiger charge is 2.41. The molecule has 2 fully saturated rings. The van der Waals surface area contributed by atoms with E-state index >= 15 is 0 Å². The average molecular weight is 428 g/mol. The van der Waals surface area contributed by atoms with Gasteiger partial charge in [-0.1, -0.05) is 22.0 Å². The number of β-amino-alcohol motifs (C(OH)–C–C–N with tert-alkyl or cyclic N) is 1. The Hall–Kier alpha value is -1.67. The molecule has 1 aliphatic heterocycles. The quantitative estimate of drug-likeness (QED) is 0.773. The van der Waals surface area contributed by atoms with E-state index in [9.17, 15) is 19.1 Å². The van der Waals surface area contributed by atoms with E-state index in [0.717, 1.165) is 12.8 Å². The molecule has 1 heterocycles. The van der Waals surface area contributed by atoms with Crippen LogP contribution in [0.3, 0.4) is 0 Å². The minimum atomic E-state index is -0.643. The lowest BCUT2D eigenvalue weighted by Crippen LogP contribution is -2.57. The number of aliphatic hydroxyl groups is 1. The molecule has 1 saturated heterocycles. The third-order valence-corrected chi connectivity index (χ3v) is 5.36. The van der Waals surface area contributed by atoms with Crippen molar-refractivity contribution in [3.63, 3.8) is 0 Å². The third kappa shape index (κ3) is 4.54. The minimum absolute atomic E-state index is 0.0901. The van der Waals surface area contributed by atoms with Crippen molar-refractivity contribution in [1.29, 1.82) is 0 Å². The van der Waals surface area contributed by atoms with Crippen LogP contribution in [-0.4, -0.2) is 58.1 Å². The van der Waals surface area contributed by atoms with Crippen molar-refractivity contribution in [2.45, 2.75) is 50.9 Å². The fourth-order valence-electron chi connectivity index (χ4n) is 3.41. The summed E-state index contributed by atoms with van der Waals surface area (Å²) in [6.07, 6.45) is 1.62. The van der Waals surface area contributed by atoms with Crippen molar-refractivity contribution in [3.05, 3.63) is 34.1 Å². The summed E-state index contributed by atoms with van der Waals surface area (Å²) in [5, 5.41) is 12.9. The maximum atomic E-state index is 13.9. The largest absolute Gasteiger partial charge is 0.391 e. The zero-order valence-electron chi connectivity index (χ0n) is 14.6. The smallest absolute Gasteiger partial charge is 0.318 e. The van der Waals surface area contributed by atoms with Crippen LogP contribution in [0, 0.1) is 5.82 Å². The summed E-state index contributed by atoms with van der Waals surface area (Å²) in [6, 6.07) is 4.33. The zero-order chi connectivity index (χ0) is 18.8. The van der Waals surface area contributed by atoms with Gasteiger partial charge in [0.25, 0.3) is 0 Å². The Morgan fingerprint density at radius 2 is 2.08 bits per heavy atom. The molecule has 1 aromatic rings. The predicted octanol–water partition coefficient (Wildman–Crippen LogP) is 2.24. The number of hydrogen-bond donors (Lipinski definition) is 2. The number of piperidine rings is 1. The number of benzene rings is 1. The van der Waals surface area contributed by atoms with Gasteiger partial charge in [-0.3, -0.25) is 4.79 Å². The topological polar surface area (TPSA) is 72.9 Å². The van der Waals surface area contributed by atoms with Crippen LogP contribution in [0.25, 0.3) is 0 Å². The molecule has 0 spiro atoms. The molecule has 142 valence electrons. The van der Waals surface area contributed by atoms with Crippen LogP contribution in [0.2, 0.25) is 0 Å². The van der Waals surface area contributed by atoms with Crippen LogP contribution < -0.4 is 5.32 Å². The molecule has 1 saturated carbocycles. The van der Waals surface area contributed by atoms with E-state index in [-0.39, 0.29) is 36.4 Å². The fraction of sp³-hybridized carbons (Fsp3) is 0.556. The normalized spacial score (nSPS) is 22.8. The van der Waals surface area contributed by atoms with Crippen LogP contribution in [-0.2, 0) is 11.3 Å². The second kappa shape index (κ2) is 7.92. The first-order valence-corrected chi connectivity index (χ1v) is 9.58. The number of hydrogen-bond acceptors (Lipinski definition) is 3. The first-order chi connectivity index (χ1) is 12.3. The number of aliphatic hydroxyl groups excluding tert-OH is 1. The Morgan fingerprint density at radius 3 is 2.69 bits per heavy atom. The number of urea groups is 1. The Bertz CT molecular complexity index is 698. The lowest BCUT2D eigenvalue weighted by Gasteiger charge is -2.41.